The number of amides is 1. The molecule has 1 amide bonds. The lowest BCUT2D eigenvalue weighted by molar-refractivity contribution is -0.116. The Labute approximate surface area is 150 Å². The van der Waals surface area contributed by atoms with E-state index < -0.39 is 23.1 Å². The average molecular weight is 366 g/mol. The van der Waals surface area contributed by atoms with Crippen LogP contribution in [0.25, 0.3) is 16.8 Å². The summed E-state index contributed by atoms with van der Waals surface area (Å²) >= 11 is 0. The molecule has 134 valence electrons. The van der Waals surface area contributed by atoms with Gasteiger partial charge < -0.3 is 5.32 Å². The first kappa shape index (κ1) is 15.7. The Kier molecular flexibility index (Phi) is 3.18. The number of nitrogens with zero attached hydrogens (tertiary/aromatic N) is 2. The molecule has 1 atom stereocenters. The molecule has 27 heavy (non-hydrogen) atoms. The van der Waals surface area contributed by atoms with Gasteiger partial charge in [0, 0.05) is 18.4 Å². The molecule has 0 fully saturated rings. The van der Waals surface area contributed by atoms with Crippen LogP contribution in [0.5, 0.6) is 0 Å². The fourth-order valence-electron chi connectivity index (χ4n) is 3.70. The molecule has 0 bridgehead atoms. The Morgan fingerprint density at radius 3 is 2.74 bits per heavy atom. The molecule has 8 heteroatoms. The molecule has 2 aromatic carbocycles. The first-order valence-corrected chi connectivity index (χ1v) is 8.31. The van der Waals surface area contributed by atoms with E-state index in [1.165, 1.54) is 6.07 Å². The van der Waals surface area contributed by atoms with Crippen LogP contribution in [0.4, 0.5) is 14.6 Å². The fourth-order valence-corrected chi connectivity index (χ4v) is 3.70. The van der Waals surface area contributed by atoms with Crippen LogP contribution >= 0.6 is 0 Å². The number of hydrogen-bond acceptors (Lipinski definition) is 3. The molecule has 3 heterocycles. The van der Waals surface area contributed by atoms with Gasteiger partial charge in [0.05, 0.1) is 16.6 Å². The molecule has 0 saturated carbocycles. The molecule has 0 saturated heterocycles. The number of nitrogens with one attached hydrogen (secondary N) is 2. The van der Waals surface area contributed by atoms with Gasteiger partial charge in [0.15, 0.2) is 0 Å². The smallest absolute Gasteiger partial charge is 0.258 e. The van der Waals surface area contributed by atoms with Crippen LogP contribution < -0.4 is 10.9 Å². The lowest BCUT2D eigenvalue weighted by Gasteiger charge is -2.26. The zero-order valence-electron chi connectivity index (χ0n) is 13.8. The minimum Gasteiger partial charge on any atom is -0.311 e. The molecule has 2 N–H and O–H groups in total. The van der Waals surface area contributed by atoms with E-state index in [2.05, 4.69) is 15.3 Å². The maximum atomic E-state index is 14.4. The number of imidazole rings is 1. The van der Waals surface area contributed by atoms with Crippen molar-refractivity contribution in [3.8, 4) is 0 Å². The standard InChI is InChI=1S/C19H12F2N4O2/c20-9-5-6-10(12(21)7-9)11-8-15(26)23-17-16(11)18(27)24-19-22-13-3-1-2-4-14(13)25(17)19/h1-7,11H,8H2,(H,23,26)(H,22,24,27). The van der Waals surface area contributed by atoms with Crippen molar-refractivity contribution < 1.29 is 13.6 Å². The van der Waals surface area contributed by atoms with Crippen molar-refractivity contribution in [3.63, 3.8) is 0 Å². The molecule has 0 spiro atoms. The van der Waals surface area contributed by atoms with Crippen LogP contribution in [0.15, 0.2) is 47.3 Å². The van der Waals surface area contributed by atoms with Crippen molar-refractivity contribution in [1.29, 1.82) is 0 Å². The first-order valence-electron chi connectivity index (χ1n) is 8.31. The quantitative estimate of drug-likeness (QED) is 0.544. The number of carbonyl (C=O) groups excluding carboxylic acids is 1. The lowest BCUT2D eigenvalue weighted by atomic mass is 9.86. The van der Waals surface area contributed by atoms with E-state index in [-0.39, 0.29) is 35.1 Å². The molecular formula is C19H12F2N4O2. The number of carbonyl (C=O) groups is 1. The van der Waals surface area contributed by atoms with E-state index in [9.17, 15) is 18.4 Å². The van der Waals surface area contributed by atoms with Crippen molar-refractivity contribution in [2.24, 2.45) is 0 Å². The largest absolute Gasteiger partial charge is 0.311 e. The monoisotopic (exact) mass is 366 g/mol. The van der Waals surface area contributed by atoms with Gasteiger partial charge in [-0.1, -0.05) is 18.2 Å². The number of aromatic amines is 1. The summed E-state index contributed by atoms with van der Waals surface area (Å²) in [5.41, 5.74) is 1.19. The Bertz CT molecular complexity index is 1310. The van der Waals surface area contributed by atoms with Gasteiger partial charge in [-0.3, -0.25) is 19.0 Å². The van der Waals surface area contributed by atoms with Crippen LogP contribution in [0.1, 0.15) is 23.5 Å². The molecule has 2 aromatic heterocycles. The Morgan fingerprint density at radius 2 is 1.93 bits per heavy atom. The number of rotatable bonds is 1. The Hall–Kier alpha value is -3.55. The summed E-state index contributed by atoms with van der Waals surface area (Å²) in [5, 5.41) is 2.72. The highest BCUT2D eigenvalue weighted by atomic mass is 19.1. The van der Waals surface area contributed by atoms with Crippen LogP contribution in [-0.4, -0.2) is 20.3 Å². The zero-order valence-corrected chi connectivity index (χ0v) is 13.8. The number of anilines is 1. The molecule has 1 aliphatic rings. The van der Waals surface area contributed by atoms with Crippen LogP contribution in [0.2, 0.25) is 0 Å². The van der Waals surface area contributed by atoms with Crippen molar-refractivity contribution in [1.82, 2.24) is 14.4 Å². The van der Waals surface area contributed by atoms with Gasteiger partial charge in [-0.15, -0.1) is 0 Å². The van der Waals surface area contributed by atoms with Gasteiger partial charge in [-0.25, -0.2) is 13.8 Å². The van der Waals surface area contributed by atoms with E-state index in [1.807, 2.05) is 18.2 Å². The van der Waals surface area contributed by atoms with Gasteiger partial charge in [-0.05, 0) is 23.8 Å². The fraction of sp³-hybridized carbons (Fsp3) is 0.105. The van der Waals surface area contributed by atoms with Crippen LogP contribution in [0.3, 0.4) is 0 Å². The van der Waals surface area contributed by atoms with Crippen molar-refractivity contribution in [2.75, 3.05) is 5.32 Å². The molecule has 0 aliphatic carbocycles. The van der Waals surface area contributed by atoms with E-state index in [0.717, 1.165) is 12.1 Å². The molecule has 1 unspecified atom stereocenters. The highest BCUT2D eigenvalue weighted by molar-refractivity contribution is 5.96. The maximum Gasteiger partial charge on any atom is 0.258 e. The second kappa shape index (κ2) is 5.47. The second-order valence-corrected chi connectivity index (χ2v) is 6.45. The normalized spacial score (nSPS) is 16.5. The predicted octanol–water partition coefficient (Wildman–Crippen LogP) is 2.93. The third-order valence-corrected chi connectivity index (χ3v) is 4.84. The molecule has 1 aliphatic heterocycles. The number of benzene rings is 2. The Balaban J connectivity index is 1.86. The summed E-state index contributed by atoms with van der Waals surface area (Å²) in [6.07, 6.45) is -0.114. The lowest BCUT2D eigenvalue weighted by Crippen LogP contribution is -2.32. The molecule has 4 aromatic rings. The minimum atomic E-state index is -0.830. The van der Waals surface area contributed by atoms with Gasteiger partial charge in [0.1, 0.15) is 17.5 Å². The van der Waals surface area contributed by atoms with Crippen LogP contribution in [0, 0.1) is 11.6 Å². The Morgan fingerprint density at radius 1 is 1.11 bits per heavy atom. The zero-order chi connectivity index (χ0) is 18.7. The third-order valence-electron chi connectivity index (χ3n) is 4.84. The van der Waals surface area contributed by atoms with Gasteiger partial charge in [0.25, 0.3) is 5.56 Å². The summed E-state index contributed by atoms with van der Waals surface area (Å²) in [6.45, 7) is 0. The minimum absolute atomic E-state index is 0.0989. The third kappa shape index (κ3) is 2.26. The summed E-state index contributed by atoms with van der Waals surface area (Å²) in [5.74, 6) is -2.17. The first-order chi connectivity index (χ1) is 13.0. The molecule has 6 nitrogen and oxygen atoms in total. The highest BCUT2D eigenvalue weighted by Gasteiger charge is 2.33. The maximum absolute atomic E-state index is 14.4. The topological polar surface area (TPSA) is 79.3 Å². The van der Waals surface area contributed by atoms with Crippen LogP contribution in [-0.2, 0) is 4.79 Å². The average Bonchev–Trinajstić information content (AvgIpc) is 2.99. The van der Waals surface area contributed by atoms with Gasteiger partial charge >= 0.3 is 0 Å². The summed E-state index contributed by atoms with van der Waals surface area (Å²) in [6, 6.07) is 10.4. The van der Waals surface area contributed by atoms with Crippen molar-refractivity contribution >= 4 is 28.5 Å². The van der Waals surface area contributed by atoms with Crippen molar-refractivity contribution in [2.45, 2.75) is 12.3 Å². The second-order valence-electron chi connectivity index (χ2n) is 6.45. The summed E-state index contributed by atoms with van der Waals surface area (Å²) < 4.78 is 29.3. The summed E-state index contributed by atoms with van der Waals surface area (Å²) in [4.78, 5) is 32.2. The van der Waals surface area contributed by atoms with Gasteiger partial charge in [-0.2, -0.15) is 0 Å². The van der Waals surface area contributed by atoms with E-state index in [0.29, 0.717) is 11.0 Å². The van der Waals surface area contributed by atoms with E-state index in [1.54, 1.807) is 10.5 Å². The number of para-hydroxylation sites is 2. The van der Waals surface area contributed by atoms with Crippen molar-refractivity contribution in [3.05, 3.63) is 75.6 Å². The number of hydrogen-bond donors (Lipinski definition) is 2. The SMILES string of the molecule is O=C1CC(c2ccc(F)cc2F)c2c(n3c(nc4ccccc43)[nH]c2=O)N1. The highest BCUT2D eigenvalue weighted by Crippen LogP contribution is 2.37. The number of aromatic nitrogens is 3. The molecule has 0 radical (unpaired) electrons. The number of H-pyrrole nitrogens is 1. The molecular weight excluding hydrogens is 354 g/mol. The van der Waals surface area contributed by atoms with E-state index in [4.69, 9.17) is 0 Å². The predicted molar refractivity (Wildman–Crippen MR) is 94.8 cm³/mol. The summed E-state index contributed by atoms with van der Waals surface area (Å²) in [7, 11) is 0. The van der Waals surface area contributed by atoms with E-state index >= 15 is 0 Å². The number of halogens is 2. The van der Waals surface area contributed by atoms with Gasteiger partial charge in [0.2, 0.25) is 11.7 Å². The molecule has 5 rings (SSSR count). The number of fused-ring (bicyclic) bond motifs is 5.